The maximum Gasteiger partial charge on any atom is 0.268 e. The van der Waals surface area contributed by atoms with Gasteiger partial charge in [0.15, 0.2) is 5.82 Å². The average Bonchev–Trinajstić information content (AvgIpc) is 3.40. The number of pyridine rings is 1. The lowest BCUT2D eigenvalue weighted by molar-refractivity contribution is 0.178. The Labute approximate surface area is 180 Å². The van der Waals surface area contributed by atoms with Crippen LogP contribution in [0.3, 0.4) is 0 Å². The molecule has 5 aromatic rings. The highest BCUT2D eigenvalue weighted by molar-refractivity contribution is 7.98. The van der Waals surface area contributed by atoms with Gasteiger partial charge in [0.1, 0.15) is 6.61 Å². The molecule has 1 aromatic carbocycles. The highest BCUT2D eigenvalue weighted by Gasteiger charge is 2.14. The number of nitrogens with zero attached hydrogens (tertiary/aromatic N) is 7. The lowest BCUT2D eigenvalue weighted by Gasteiger charge is -2.04. The maximum atomic E-state index is 13.1. The van der Waals surface area contributed by atoms with E-state index < -0.39 is 0 Å². The van der Waals surface area contributed by atoms with Crippen LogP contribution in [0.15, 0.2) is 52.7 Å². The molecule has 0 aliphatic carbocycles. The number of benzene rings is 1. The Morgan fingerprint density at radius 1 is 1.19 bits per heavy atom. The SMILES string of the molecule is COCc1nc2ncc3c(=O)n(-c4nc(SCc5ccccc5C)n[nH]4)ccc3n2n1. The summed E-state index contributed by atoms with van der Waals surface area (Å²) >= 11 is 1.51. The Bertz CT molecular complexity index is 1450. The van der Waals surface area contributed by atoms with Crippen molar-refractivity contribution in [1.29, 1.82) is 0 Å². The number of fused-ring (bicyclic) bond motifs is 3. The number of thioether (sulfide) groups is 1. The Balaban J connectivity index is 1.46. The molecule has 0 fully saturated rings. The second kappa shape index (κ2) is 7.93. The quantitative estimate of drug-likeness (QED) is 0.405. The monoisotopic (exact) mass is 434 g/mol. The molecular formula is C20H18N8O2S. The summed E-state index contributed by atoms with van der Waals surface area (Å²) in [6.45, 7) is 2.34. The minimum atomic E-state index is -0.276. The number of hydrogen-bond acceptors (Lipinski definition) is 8. The van der Waals surface area contributed by atoms with Gasteiger partial charge in [0.25, 0.3) is 11.3 Å². The molecule has 5 rings (SSSR count). The maximum absolute atomic E-state index is 13.1. The van der Waals surface area contributed by atoms with Crippen LogP contribution in [0.1, 0.15) is 17.0 Å². The van der Waals surface area contributed by atoms with Gasteiger partial charge in [-0.1, -0.05) is 36.0 Å². The number of methoxy groups -OCH3 is 1. The molecule has 156 valence electrons. The van der Waals surface area contributed by atoms with Crippen molar-refractivity contribution in [2.75, 3.05) is 7.11 Å². The Kier molecular flexibility index (Phi) is 4.96. The molecule has 31 heavy (non-hydrogen) atoms. The summed E-state index contributed by atoms with van der Waals surface area (Å²) in [6, 6.07) is 9.96. The van der Waals surface area contributed by atoms with E-state index in [0.29, 0.717) is 33.6 Å². The topological polar surface area (TPSA) is 116 Å². The molecule has 0 aliphatic rings. The zero-order chi connectivity index (χ0) is 21.4. The van der Waals surface area contributed by atoms with E-state index in [1.165, 1.54) is 33.7 Å². The van der Waals surface area contributed by atoms with Crippen molar-refractivity contribution in [3.05, 3.63) is 70.0 Å². The van der Waals surface area contributed by atoms with E-state index in [9.17, 15) is 4.79 Å². The molecule has 4 aromatic heterocycles. The van der Waals surface area contributed by atoms with E-state index in [1.54, 1.807) is 23.9 Å². The van der Waals surface area contributed by atoms with Gasteiger partial charge in [0, 0.05) is 25.3 Å². The predicted octanol–water partition coefficient (Wildman–Crippen LogP) is 2.29. The minimum absolute atomic E-state index is 0.267. The van der Waals surface area contributed by atoms with Gasteiger partial charge in [-0.2, -0.15) is 14.5 Å². The lowest BCUT2D eigenvalue weighted by Crippen LogP contribution is -2.20. The van der Waals surface area contributed by atoms with Gasteiger partial charge < -0.3 is 4.74 Å². The van der Waals surface area contributed by atoms with Gasteiger partial charge in [-0.05, 0) is 24.1 Å². The summed E-state index contributed by atoms with van der Waals surface area (Å²) in [5.41, 5.74) is 2.77. The van der Waals surface area contributed by atoms with Crippen molar-refractivity contribution in [1.82, 2.24) is 39.3 Å². The highest BCUT2D eigenvalue weighted by atomic mass is 32.2. The second-order valence-electron chi connectivity index (χ2n) is 6.88. The van der Waals surface area contributed by atoms with Crippen LogP contribution in [0, 0.1) is 6.92 Å². The number of aromatic nitrogens is 8. The number of rotatable bonds is 6. The van der Waals surface area contributed by atoms with E-state index >= 15 is 0 Å². The van der Waals surface area contributed by atoms with Crippen LogP contribution in [0.4, 0.5) is 0 Å². The zero-order valence-corrected chi connectivity index (χ0v) is 17.6. The number of nitrogens with one attached hydrogen (secondary N) is 1. The summed E-state index contributed by atoms with van der Waals surface area (Å²) in [5.74, 6) is 2.00. The lowest BCUT2D eigenvalue weighted by atomic mass is 10.1. The molecule has 0 atom stereocenters. The van der Waals surface area contributed by atoms with Crippen LogP contribution in [0.5, 0.6) is 0 Å². The molecule has 0 amide bonds. The van der Waals surface area contributed by atoms with Crippen LogP contribution in [-0.4, -0.2) is 46.4 Å². The summed E-state index contributed by atoms with van der Waals surface area (Å²) in [7, 11) is 1.57. The van der Waals surface area contributed by atoms with Gasteiger partial charge in [-0.25, -0.2) is 10.1 Å². The third kappa shape index (κ3) is 3.57. The van der Waals surface area contributed by atoms with Crippen LogP contribution in [-0.2, 0) is 17.1 Å². The number of aryl methyl sites for hydroxylation is 1. The van der Waals surface area contributed by atoms with Crippen LogP contribution in [0.2, 0.25) is 0 Å². The van der Waals surface area contributed by atoms with Crippen molar-refractivity contribution < 1.29 is 4.74 Å². The van der Waals surface area contributed by atoms with Crippen molar-refractivity contribution in [2.45, 2.75) is 24.4 Å². The highest BCUT2D eigenvalue weighted by Crippen LogP contribution is 2.21. The molecule has 0 radical (unpaired) electrons. The Hall–Kier alpha value is -3.57. The summed E-state index contributed by atoms with van der Waals surface area (Å²) in [5, 5.41) is 12.4. The Morgan fingerprint density at radius 2 is 2.06 bits per heavy atom. The largest absolute Gasteiger partial charge is 0.377 e. The van der Waals surface area contributed by atoms with Crippen LogP contribution >= 0.6 is 11.8 Å². The van der Waals surface area contributed by atoms with Gasteiger partial charge >= 0.3 is 0 Å². The second-order valence-corrected chi connectivity index (χ2v) is 7.82. The molecule has 11 heteroatoms. The van der Waals surface area contributed by atoms with Gasteiger partial charge in [-0.3, -0.25) is 9.36 Å². The summed E-state index contributed by atoms with van der Waals surface area (Å²) < 4.78 is 8.03. The van der Waals surface area contributed by atoms with E-state index in [4.69, 9.17) is 4.74 Å². The van der Waals surface area contributed by atoms with Crippen molar-refractivity contribution in [3.8, 4) is 5.95 Å². The molecule has 0 bridgehead atoms. The number of ether oxygens (including phenoxy) is 1. The first-order valence-electron chi connectivity index (χ1n) is 9.49. The van der Waals surface area contributed by atoms with Crippen LogP contribution < -0.4 is 5.56 Å². The van der Waals surface area contributed by atoms with E-state index in [2.05, 4.69) is 49.3 Å². The standard InChI is InChI=1S/C20H18N8O2S/c1-12-5-3-4-6-13(12)11-31-20-23-19(24-25-20)27-8-7-15-14(17(27)29)9-21-18-22-16(10-30-2)26-28(15)18/h3-9H,10-11H2,1-2H3,(H,23,24,25). The molecule has 0 aliphatic heterocycles. The van der Waals surface area contributed by atoms with Crippen molar-refractivity contribution in [3.63, 3.8) is 0 Å². The van der Waals surface area contributed by atoms with Crippen molar-refractivity contribution >= 4 is 28.4 Å². The van der Waals surface area contributed by atoms with Crippen LogP contribution in [0.25, 0.3) is 22.6 Å². The van der Waals surface area contributed by atoms with Crippen molar-refractivity contribution in [2.24, 2.45) is 0 Å². The Morgan fingerprint density at radius 3 is 2.90 bits per heavy atom. The van der Waals surface area contributed by atoms with Gasteiger partial charge in [0.05, 0.1) is 10.9 Å². The average molecular weight is 434 g/mol. The molecule has 10 nitrogen and oxygen atoms in total. The third-order valence-electron chi connectivity index (χ3n) is 4.85. The van der Waals surface area contributed by atoms with Gasteiger partial charge in [-0.15, -0.1) is 10.2 Å². The zero-order valence-electron chi connectivity index (χ0n) is 16.8. The first kappa shape index (κ1) is 19.4. The fraction of sp³-hybridized carbons (Fsp3) is 0.200. The van der Waals surface area contributed by atoms with Gasteiger partial charge in [0.2, 0.25) is 11.1 Å². The van der Waals surface area contributed by atoms with E-state index in [0.717, 1.165) is 5.75 Å². The predicted molar refractivity (Wildman–Crippen MR) is 115 cm³/mol. The molecular weight excluding hydrogens is 416 g/mol. The number of aromatic amines is 1. The molecule has 0 spiro atoms. The minimum Gasteiger partial charge on any atom is -0.377 e. The fourth-order valence-electron chi connectivity index (χ4n) is 3.24. The number of H-pyrrole nitrogens is 1. The molecule has 0 saturated carbocycles. The smallest absolute Gasteiger partial charge is 0.268 e. The number of hydrogen-bond donors (Lipinski definition) is 1. The first-order chi connectivity index (χ1) is 15.1. The molecule has 4 heterocycles. The summed E-state index contributed by atoms with van der Waals surface area (Å²) in [4.78, 5) is 26.1. The third-order valence-corrected chi connectivity index (χ3v) is 5.75. The summed E-state index contributed by atoms with van der Waals surface area (Å²) in [6.07, 6.45) is 3.14. The fourth-order valence-corrected chi connectivity index (χ4v) is 4.11. The first-order valence-corrected chi connectivity index (χ1v) is 10.5. The van der Waals surface area contributed by atoms with E-state index in [-0.39, 0.29) is 12.2 Å². The molecule has 0 unspecified atom stereocenters. The normalized spacial score (nSPS) is 11.5. The molecule has 1 N–H and O–H groups in total. The van der Waals surface area contributed by atoms with E-state index in [1.807, 2.05) is 12.1 Å². The molecule has 0 saturated heterocycles.